The predicted molar refractivity (Wildman–Crippen MR) is 57.8 cm³/mol. The summed E-state index contributed by atoms with van der Waals surface area (Å²) < 4.78 is 4.69. The van der Waals surface area contributed by atoms with Crippen LogP contribution in [0.25, 0.3) is 0 Å². The van der Waals surface area contributed by atoms with E-state index < -0.39 is 37.0 Å². The van der Waals surface area contributed by atoms with Gasteiger partial charge in [-0.2, -0.15) is 0 Å². The molecule has 0 saturated heterocycles. The smallest absolute Gasteiger partial charge is 0.213 e. The Bertz CT molecular complexity index is 195. The maximum absolute atomic E-state index is 9.33. The van der Waals surface area contributed by atoms with E-state index in [0.29, 0.717) is 0 Å². The van der Waals surface area contributed by atoms with Crippen LogP contribution in [-0.4, -0.2) is 67.6 Å². The van der Waals surface area contributed by atoms with Gasteiger partial charge in [0.2, 0.25) is 11.6 Å². The molecular weight excluding hydrogens is 232 g/mol. The van der Waals surface area contributed by atoms with Crippen molar-refractivity contribution in [2.24, 2.45) is 0 Å². The molecule has 0 heterocycles. The van der Waals surface area contributed by atoms with E-state index in [2.05, 4.69) is 4.74 Å². The molecule has 104 valence electrons. The molecule has 2 atom stereocenters. The Balaban J connectivity index is 4.14. The Hall–Kier alpha value is -0.280. The molecule has 7 heteroatoms. The highest BCUT2D eigenvalue weighted by atomic mass is 16.6. The van der Waals surface area contributed by atoms with Crippen LogP contribution >= 0.6 is 0 Å². The van der Waals surface area contributed by atoms with Crippen molar-refractivity contribution in [3.63, 3.8) is 0 Å². The Morgan fingerprint density at radius 3 is 1.35 bits per heavy atom. The molecule has 0 aromatic rings. The number of ether oxygens (including phenoxy) is 1. The van der Waals surface area contributed by atoms with Gasteiger partial charge in [-0.05, 0) is 12.8 Å². The molecule has 7 nitrogen and oxygen atoms in total. The molecule has 17 heavy (non-hydrogen) atoms. The van der Waals surface area contributed by atoms with Crippen LogP contribution in [0.5, 0.6) is 0 Å². The normalized spacial score (nSPS) is 16.9. The van der Waals surface area contributed by atoms with Crippen LogP contribution in [0.15, 0.2) is 0 Å². The summed E-state index contributed by atoms with van der Waals surface area (Å²) in [4.78, 5) is 0. The van der Waals surface area contributed by atoms with E-state index in [4.69, 9.17) is 0 Å². The molecule has 0 saturated carbocycles. The van der Waals surface area contributed by atoms with Crippen LogP contribution in [0.4, 0.5) is 0 Å². The minimum atomic E-state index is -2.46. The maximum Gasteiger partial charge on any atom is 0.213 e. The van der Waals surface area contributed by atoms with Gasteiger partial charge in [-0.25, -0.2) is 0 Å². The van der Waals surface area contributed by atoms with E-state index in [0.717, 1.165) is 0 Å². The summed E-state index contributed by atoms with van der Waals surface area (Å²) in [6, 6.07) is 0. The van der Waals surface area contributed by atoms with Crippen LogP contribution in [0.2, 0.25) is 0 Å². The standard InChI is InChI=1S/C10H22O7/c1-3-7(11)9(13,14)5-17-6-10(15,16)8(12)4-2/h7-8,11-16H,3-6H2,1-2H3. The van der Waals surface area contributed by atoms with E-state index in [-0.39, 0.29) is 12.8 Å². The summed E-state index contributed by atoms with van der Waals surface area (Å²) in [5, 5.41) is 55.8. The van der Waals surface area contributed by atoms with Crippen LogP contribution < -0.4 is 0 Å². The minimum absolute atomic E-state index is 0.108. The molecule has 6 N–H and O–H groups in total. The van der Waals surface area contributed by atoms with Crippen molar-refractivity contribution in [2.45, 2.75) is 50.5 Å². The first-order valence-electron chi connectivity index (χ1n) is 5.50. The Morgan fingerprint density at radius 2 is 1.12 bits per heavy atom. The molecule has 0 spiro atoms. The lowest BCUT2D eigenvalue weighted by molar-refractivity contribution is -0.286. The first-order valence-corrected chi connectivity index (χ1v) is 5.50. The van der Waals surface area contributed by atoms with E-state index in [1.807, 2.05) is 0 Å². The highest BCUT2D eigenvalue weighted by molar-refractivity contribution is 4.76. The molecule has 0 bridgehead atoms. The highest BCUT2D eigenvalue weighted by Gasteiger charge is 2.36. The van der Waals surface area contributed by atoms with E-state index in [1.54, 1.807) is 13.8 Å². The SMILES string of the molecule is CCC(O)C(O)(O)COCC(O)(O)C(O)CC. The van der Waals surface area contributed by atoms with Crippen molar-refractivity contribution < 1.29 is 35.4 Å². The molecule has 0 amide bonds. The second-order valence-electron chi connectivity index (χ2n) is 4.10. The fourth-order valence-electron chi connectivity index (χ4n) is 1.20. The largest absolute Gasteiger partial charge is 0.387 e. The lowest BCUT2D eigenvalue weighted by Crippen LogP contribution is -2.50. The zero-order valence-electron chi connectivity index (χ0n) is 10.1. The number of aliphatic hydroxyl groups is 6. The van der Waals surface area contributed by atoms with Crippen molar-refractivity contribution in [3.8, 4) is 0 Å². The zero-order chi connectivity index (χ0) is 13.7. The van der Waals surface area contributed by atoms with Gasteiger partial charge >= 0.3 is 0 Å². The van der Waals surface area contributed by atoms with Gasteiger partial charge in [0.05, 0.1) is 0 Å². The van der Waals surface area contributed by atoms with Gasteiger partial charge in [0.15, 0.2) is 0 Å². The third kappa shape index (κ3) is 5.26. The lowest BCUT2D eigenvalue weighted by Gasteiger charge is -2.30. The molecule has 0 rings (SSSR count). The van der Waals surface area contributed by atoms with Crippen molar-refractivity contribution in [1.29, 1.82) is 0 Å². The van der Waals surface area contributed by atoms with Crippen LogP contribution in [0.3, 0.4) is 0 Å². The van der Waals surface area contributed by atoms with Gasteiger partial charge < -0.3 is 35.4 Å². The molecule has 0 aliphatic rings. The Morgan fingerprint density at radius 1 is 0.824 bits per heavy atom. The molecule has 0 aromatic heterocycles. The van der Waals surface area contributed by atoms with Gasteiger partial charge in [0.1, 0.15) is 25.4 Å². The van der Waals surface area contributed by atoms with Gasteiger partial charge in [0, 0.05) is 0 Å². The van der Waals surface area contributed by atoms with Crippen molar-refractivity contribution in [3.05, 3.63) is 0 Å². The van der Waals surface area contributed by atoms with E-state index >= 15 is 0 Å². The molecular formula is C10H22O7. The van der Waals surface area contributed by atoms with Crippen molar-refractivity contribution in [1.82, 2.24) is 0 Å². The van der Waals surface area contributed by atoms with Gasteiger partial charge in [-0.1, -0.05) is 13.8 Å². The summed E-state index contributed by atoms with van der Waals surface area (Å²) >= 11 is 0. The topological polar surface area (TPSA) is 131 Å². The molecule has 0 radical (unpaired) electrons. The number of hydrogen-bond acceptors (Lipinski definition) is 7. The van der Waals surface area contributed by atoms with Crippen LogP contribution in [0.1, 0.15) is 26.7 Å². The maximum atomic E-state index is 9.33. The number of rotatable bonds is 8. The summed E-state index contributed by atoms with van der Waals surface area (Å²) in [5.74, 6) is -4.91. The zero-order valence-corrected chi connectivity index (χ0v) is 10.1. The first kappa shape index (κ1) is 16.7. The third-order valence-electron chi connectivity index (χ3n) is 2.47. The quantitative estimate of drug-likeness (QED) is 0.274. The monoisotopic (exact) mass is 254 g/mol. The first-order chi connectivity index (χ1) is 7.67. The molecule has 0 aliphatic carbocycles. The summed E-state index contributed by atoms with van der Waals surface area (Å²) in [7, 11) is 0. The van der Waals surface area contributed by atoms with Gasteiger partial charge in [0.25, 0.3) is 0 Å². The van der Waals surface area contributed by atoms with Gasteiger partial charge in [-0.15, -0.1) is 0 Å². The number of aliphatic hydroxyl groups excluding tert-OH is 2. The highest BCUT2D eigenvalue weighted by Crippen LogP contribution is 2.14. The predicted octanol–water partition coefficient (Wildman–Crippen LogP) is -2.09. The average molecular weight is 254 g/mol. The molecule has 0 aliphatic heterocycles. The van der Waals surface area contributed by atoms with E-state index in [9.17, 15) is 30.6 Å². The van der Waals surface area contributed by atoms with Crippen LogP contribution in [-0.2, 0) is 4.74 Å². The van der Waals surface area contributed by atoms with Gasteiger partial charge in [-0.3, -0.25) is 0 Å². The summed E-state index contributed by atoms with van der Waals surface area (Å²) in [5.41, 5.74) is 0. The summed E-state index contributed by atoms with van der Waals surface area (Å²) in [6.45, 7) is 1.72. The fourth-order valence-corrected chi connectivity index (χ4v) is 1.20. The molecule has 0 aromatic carbocycles. The van der Waals surface area contributed by atoms with Crippen molar-refractivity contribution >= 4 is 0 Å². The minimum Gasteiger partial charge on any atom is -0.387 e. The second-order valence-corrected chi connectivity index (χ2v) is 4.10. The third-order valence-corrected chi connectivity index (χ3v) is 2.47. The average Bonchev–Trinajstić information content (AvgIpc) is 2.25. The van der Waals surface area contributed by atoms with Crippen LogP contribution in [0, 0.1) is 0 Å². The fraction of sp³-hybridized carbons (Fsp3) is 1.00. The van der Waals surface area contributed by atoms with E-state index in [1.165, 1.54) is 0 Å². The molecule has 2 unspecified atom stereocenters. The van der Waals surface area contributed by atoms with Crippen molar-refractivity contribution in [2.75, 3.05) is 13.2 Å². The number of hydrogen-bond donors (Lipinski definition) is 6. The summed E-state index contributed by atoms with van der Waals surface area (Å²) in [6.07, 6.45) is -2.58. The lowest BCUT2D eigenvalue weighted by atomic mass is 10.1. The Kier molecular flexibility index (Phi) is 6.49. The second kappa shape index (κ2) is 6.60. The Labute approximate surface area is 99.9 Å². The molecule has 0 fully saturated rings.